The summed E-state index contributed by atoms with van der Waals surface area (Å²) in [5.41, 5.74) is 6.10. The van der Waals surface area contributed by atoms with E-state index < -0.39 is 34.8 Å². The quantitative estimate of drug-likeness (QED) is 0.137. The molecule has 5 heterocycles. The summed E-state index contributed by atoms with van der Waals surface area (Å²) in [5, 5.41) is 19.7. The van der Waals surface area contributed by atoms with E-state index in [9.17, 15) is 33.5 Å². The fourth-order valence-corrected chi connectivity index (χ4v) is 6.73. The van der Waals surface area contributed by atoms with Crippen molar-refractivity contribution in [2.45, 2.75) is 57.5 Å². The Morgan fingerprint density at radius 2 is 1.80 bits per heavy atom. The van der Waals surface area contributed by atoms with Gasteiger partial charge >= 0.3 is 5.97 Å². The van der Waals surface area contributed by atoms with Gasteiger partial charge in [-0.3, -0.25) is 24.1 Å². The molecule has 6 N–H and O–H groups in total. The minimum atomic E-state index is -1.97. The van der Waals surface area contributed by atoms with Crippen molar-refractivity contribution in [2.24, 2.45) is 5.73 Å². The smallest absolute Gasteiger partial charge is 0.343 e. The molecule has 3 aliphatic rings. The number of piperidine rings is 1. The highest BCUT2D eigenvalue weighted by Crippen LogP contribution is 2.41. The van der Waals surface area contributed by atoms with Crippen LogP contribution in [-0.4, -0.2) is 89.1 Å². The number of esters is 1. The van der Waals surface area contributed by atoms with Crippen LogP contribution in [0.15, 0.2) is 23.0 Å². The van der Waals surface area contributed by atoms with Crippen molar-refractivity contribution in [1.29, 1.82) is 0 Å². The second kappa shape index (κ2) is 14.7. The lowest BCUT2D eigenvalue weighted by molar-refractivity contribution is -0.172. The fourth-order valence-electron chi connectivity index (χ4n) is 6.73. The van der Waals surface area contributed by atoms with Crippen molar-refractivity contribution in [3.8, 4) is 17.1 Å². The molecule has 0 radical (unpaired) electrons. The number of nitrogens with zero attached hydrogens (tertiary/aromatic N) is 3. The van der Waals surface area contributed by atoms with Gasteiger partial charge in [-0.2, -0.15) is 0 Å². The zero-order chi connectivity index (χ0) is 35.0. The number of methoxy groups -OCH3 is 1. The molecule has 0 unspecified atom stereocenters. The predicted molar refractivity (Wildman–Crippen MR) is 180 cm³/mol. The van der Waals surface area contributed by atoms with Crippen molar-refractivity contribution in [2.75, 3.05) is 39.8 Å². The summed E-state index contributed by atoms with van der Waals surface area (Å²) in [7, 11) is 1.38. The van der Waals surface area contributed by atoms with Crippen molar-refractivity contribution in [3.63, 3.8) is 0 Å². The minimum absolute atomic E-state index is 0. The molecule has 3 amide bonds. The Hall–Kier alpha value is -4.64. The van der Waals surface area contributed by atoms with Gasteiger partial charge < -0.3 is 40.8 Å². The Labute approximate surface area is 292 Å². The molecule has 1 saturated heterocycles. The number of aromatic nitrogens is 2. The molecular weight excluding hydrogens is 677 g/mol. The number of benzene rings is 1. The van der Waals surface area contributed by atoms with Gasteiger partial charge in [-0.05, 0) is 37.0 Å². The summed E-state index contributed by atoms with van der Waals surface area (Å²) in [6.07, 6.45) is 1.27. The summed E-state index contributed by atoms with van der Waals surface area (Å²) >= 11 is 0. The number of hydrogen-bond donors (Lipinski definition) is 5. The summed E-state index contributed by atoms with van der Waals surface area (Å²) in [6, 6.07) is 4.41. The number of carbonyl (C=O) groups is 4. The van der Waals surface area contributed by atoms with E-state index in [1.165, 1.54) is 13.2 Å². The molecule has 50 heavy (non-hydrogen) atoms. The van der Waals surface area contributed by atoms with Crippen LogP contribution in [0.4, 0.5) is 4.39 Å². The first kappa shape index (κ1) is 36.6. The first-order valence-corrected chi connectivity index (χ1v) is 16.1. The van der Waals surface area contributed by atoms with Crippen LogP contribution in [0.2, 0.25) is 0 Å². The van der Waals surface area contributed by atoms with Gasteiger partial charge in [0.05, 0.1) is 55.8 Å². The fraction of sp³-hybridized carbons (Fsp3) is 0.455. The second-order valence-corrected chi connectivity index (χ2v) is 12.4. The zero-order valence-corrected chi connectivity index (χ0v) is 28.4. The molecule has 17 heteroatoms. The van der Waals surface area contributed by atoms with Crippen LogP contribution in [0, 0.1) is 5.82 Å². The molecule has 15 nitrogen and oxygen atoms in total. The van der Waals surface area contributed by atoms with E-state index in [0.717, 1.165) is 11.1 Å². The number of pyridine rings is 2. The molecule has 0 bridgehead atoms. The third-order valence-electron chi connectivity index (χ3n) is 9.49. The van der Waals surface area contributed by atoms with Crippen LogP contribution in [0.3, 0.4) is 0 Å². The van der Waals surface area contributed by atoms with Crippen LogP contribution in [0.5, 0.6) is 5.75 Å². The van der Waals surface area contributed by atoms with E-state index in [2.05, 4.69) is 20.9 Å². The van der Waals surface area contributed by atoms with Crippen molar-refractivity contribution < 1.29 is 38.1 Å². The van der Waals surface area contributed by atoms with Gasteiger partial charge in [-0.15, -0.1) is 12.4 Å². The molecule has 0 saturated carbocycles. The second-order valence-electron chi connectivity index (χ2n) is 12.4. The molecule has 1 fully saturated rings. The molecule has 2 aromatic heterocycles. The normalized spacial score (nSPS) is 18.3. The van der Waals surface area contributed by atoms with Gasteiger partial charge in [-0.1, -0.05) is 6.92 Å². The number of likely N-dealkylation sites (tertiary alicyclic amines) is 1. The number of halogens is 2. The average molecular weight is 716 g/mol. The van der Waals surface area contributed by atoms with Crippen LogP contribution in [-0.2, 0) is 49.2 Å². The Bertz CT molecular complexity index is 1930. The van der Waals surface area contributed by atoms with Gasteiger partial charge in [0.25, 0.3) is 5.56 Å². The van der Waals surface area contributed by atoms with Crippen molar-refractivity contribution >= 4 is 47.0 Å². The van der Waals surface area contributed by atoms with E-state index in [4.69, 9.17) is 20.2 Å². The molecule has 3 aromatic rings. The first-order chi connectivity index (χ1) is 23.5. The van der Waals surface area contributed by atoms with Crippen LogP contribution in [0.25, 0.3) is 22.3 Å². The highest BCUT2D eigenvalue weighted by atomic mass is 35.5. The van der Waals surface area contributed by atoms with E-state index in [-0.39, 0.29) is 80.4 Å². The largest absolute Gasteiger partial charge is 0.494 e. The highest BCUT2D eigenvalue weighted by molar-refractivity contribution is 5.90. The third-order valence-corrected chi connectivity index (χ3v) is 9.49. The third kappa shape index (κ3) is 6.75. The minimum Gasteiger partial charge on any atom is -0.494 e. The lowest BCUT2D eigenvalue weighted by Crippen LogP contribution is -2.48. The van der Waals surface area contributed by atoms with E-state index >= 15 is 0 Å². The number of ether oxygens (including phenoxy) is 2. The van der Waals surface area contributed by atoms with Crippen molar-refractivity contribution in [3.05, 3.63) is 56.6 Å². The number of nitrogens with one attached hydrogen (secondary N) is 3. The summed E-state index contributed by atoms with van der Waals surface area (Å²) in [5.74, 6) is -2.69. The Morgan fingerprint density at radius 1 is 1.10 bits per heavy atom. The zero-order valence-electron chi connectivity index (χ0n) is 27.6. The van der Waals surface area contributed by atoms with Gasteiger partial charge in [0.2, 0.25) is 17.7 Å². The number of hydrogen-bond acceptors (Lipinski definition) is 11. The summed E-state index contributed by atoms with van der Waals surface area (Å²) in [4.78, 5) is 69.0. The van der Waals surface area contributed by atoms with E-state index in [1.807, 2.05) is 0 Å². The molecule has 1 atom stereocenters. The predicted octanol–water partition coefficient (Wildman–Crippen LogP) is -0.0792. The molecule has 268 valence electrons. The molecule has 0 aliphatic carbocycles. The van der Waals surface area contributed by atoms with Crippen molar-refractivity contribution in [1.82, 2.24) is 30.4 Å². The maximum atomic E-state index is 15.0. The van der Waals surface area contributed by atoms with Crippen LogP contribution in [0.1, 0.15) is 48.4 Å². The summed E-state index contributed by atoms with van der Waals surface area (Å²) < 4.78 is 27.0. The maximum Gasteiger partial charge on any atom is 0.343 e. The topological polar surface area (TPSA) is 207 Å². The van der Waals surface area contributed by atoms with Gasteiger partial charge in [0.15, 0.2) is 17.2 Å². The molecule has 0 spiro atoms. The SMILES string of the molecule is CC[C@@]1(O)C(=O)OCc2c1cc1n(c2=O)Cc2c-1nc1cc(F)c(OC)cc1c2CN1CCC(NC(=O)CNC(=O)CNC(=O)CN)CC1.Cl. The molecule has 3 aliphatic heterocycles. The highest BCUT2D eigenvalue weighted by Gasteiger charge is 2.45. The van der Waals surface area contributed by atoms with Gasteiger partial charge in [0.1, 0.15) is 6.61 Å². The Balaban J connectivity index is 0.00000486. The average Bonchev–Trinajstić information content (AvgIpc) is 3.47. The van der Waals surface area contributed by atoms with E-state index in [1.54, 1.807) is 23.6 Å². The lowest BCUT2D eigenvalue weighted by atomic mass is 9.86. The number of carbonyl (C=O) groups excluding carboxylic acids is 4. The van der Waals surface area contributed by atoms with Crippen LogP contribution >= 0.6 is 12.4 Å². The van der Waals surface area contributed by atoms with Gasteiger partial charge in [0, 0.05) is 48.3 Å². The molecule has 1 aromatic carbocycles. The number of aliphatic hydroxyl groups is 1. The molecular formula is C33H39ClFN7O8. The lowest BCUT2D eigenvalue weighted by Gasteiger charge is -2.33. The Kier molecular flexibility index (Phi) is 10.8. The summed E-state index contributed by atoms with van der Waals surface area (Å²) in [6.45, 7) is 2.49. The molecule has 6 rings (SSSR count). The first-order valence-electron chi connectivity index (χ1n) is 16.1. The van der Waals surface area contributed by atoms with Crippen LogP contribution < -0.4 is 32.0 Å². The van der Waals surface area contributed by atoms with Gasteiger partial charge in [-0.25, -0.2) is 14.2 Å². The monoisotopic (exact) mass is 715 g/mol. The number of amides is 3. The number of rotatable bonds is 10. The van der Waals surface area contributed by atoms with E-state index in [0.29, 0.717) is 54.8 Å². The Morgan fingerprint density at radius 3 is 2.48 bits per heavy atom. The standard InChI is InChI=1S/C33H38FN7O8.ClH/c1-3-33(47)22-9-25-30-20(15-41(25)31(45)21(22)16-49-32(33)46)19(18-8-26(48-2)23(34)10-24(18)39-30)14-40-6-4-17(5-7-40)38-29(44)13-37-28(43)12-36-27(42)11-35;/h8-10,17,47H,3-7,11-16,35H2,1-2H3,(H,36,42)(H,37,43)(H,38,44);1H/t33-;/m0./s1. The maximum absolute atomic E-state index is 15.0. The number of fused-ring (bicyclic) bond motifs is 5. The number of nitrogens with two attached hydrogens (primary N) is 1. The number of cyclic esters (lactones) is 1.